The molecule has 1 unspecified atom stereocenters. The molecule has 1 aliphatic rings. The van der Waals surface area contributed by atoms with Crippen LogP contribution in [0.4, 0.5) is 0 Å². The van der Waals surface area contributed by atoms with Crippen LogP contribution in [-0.4, -0.2) is 47.5 Å². The molecule has 2 aromatic carbocycles. The van der Waals surface area contributed by atoms with E-state index in [1.165, 1.54) is 11.5 Å². The maximum absolute atomic E-state index is 13.0. The maximum atomic E-state index is 13.0. The smallest absolute Gasteiger partial charge is 0.272 e. The number of carbonyl (C=O) groups is 1. The summed E-state index contributed by atoms with van der Waals surface area (Å²) in [6.07, 6.45) is 1.51. The average Bonchev–Trinajstić information content (AvgIpc) is 3.18. The van der Waals surface area contributed by atoms with E-state index >= 15 is 0 Å². The van der Waals surface area contributed by atoms with E-state index < -0.39 is 0 Å². The number of aromatic nitrogens is 1. The third-order valence-electron chi connectivity index (χ3n) is 5.17. The first-order valence-corrected chi connectivity index (χ1v) is 11.2. The second-order valence-corrected chi connectivity index (χ2v) is 8.71. The molecule has 4 rings (SSSR count). The third kappa shape index (κ3) is 4.90. The molecular weight excluding hydrogens is 427 g/mol. The van der Waals surface area contributed by atoms with E-state index in [0.717, 1.165) is 54.7 Å². The highest BCUT2D eigenvalue weighted by atomic mass is 35.5. The van der Waals surface area contributed by atoms with Crippen LogP contribution in [0.25, 0.3) is 10.1 Å². The van der Waals surface area contributed by atoms with Crippen molar-refractivity contribution in [1.29, 1.82) is 0 Å². The molecule has 1 aliphatic heterocycles. The number of fused-ring (bicyclic) bond motifs is 1. The first-order valence-electron chi connectivity index (χ1n) is 9.66. The Hall–Kier alpha value is -1.70. The molecule has 0 saturated carbocycles. The van der Waals surface area contributed by atoms with Crippen LogP contribution in [0.2, 0.25) is 10.0 Å². The number of amides is 1. The predicted octanol–water partition coefficient (Wildman–Crippen LogP) is 4.20. The lowest BCUT2D eigenvalue weighted by Crippen LogP contribution is -2.55. The molecule has 5 nitrogen and oxygen atoms in total. The van der Waals surface area contributed by atoms with Gasteiger partial charge in [-0.15, -0.1) is 0 Å². The fourth-order valence-electron chi connectivity index (χ4n) is 3.61. The summed E-state index contributed by atoms with van der Waals surface area (Å²) in [6, 6.07) is 13.5. The van der Waals surface area contributed by atoms with Gasteiger partial charge in [0.2, 0.25) is 0 Å². The molecule has 29 heavy (non-hydrogen) atoms. The molecule has 1 amide bonds. The van der Waals surface area contributed by atoms with Gasteiger partial charge in [-0.25, -0.2) is 0 Å². The monoisotopic (exact) mass is 448 g/mol. The summed E-state index contributed by atoms with van der Waals surface area (Å²) in [6.45, 7) is 3.62. The van der Waals surface area contributed by atoms with Gasteiger partial charge in [0.05, 0.1) is 20.9 Å². The Balaban J connectivity index is 1.50. The lowest BCUT2D eigenvalue weighted by Gasteiger charge is -2.35. The highest BCUT2D eigenvalue weighted by Gasteiger charge is 2.24. The lowest BCUT2D eigenvalue weighted by atomic mass is 10.1. The van der Waals surface area contributed by atoms with Gasteiger partial charge in [-0.2, -0.15) is 4.37 Å². The van der Waals surface area contributed by atoms with Crippen molar-refractivity contribution in [3.8, 4) is 0 Å². The summed E-state index contributed by atoms with van der Waals surface area (Å²) in [7, 11) is 0. The summed E-state index contributed by atoms with van der Waals surface area (Å²) in [4.78, 5) is 15.4. The number of nitrogens with one attached hydrogen (secondary N) is 2. The predicted molar refractivity (Wildman–Crippen MR) is 120 cm³/mol. The van der Waals surface area contributed by atoms with Crippen LogP contribution in [-0.2, 0) is 6.42 Å². The number of nitrogens with zero attached hydrogens (tertiary/aromatic N) is 2. The Bertz CT molecular complexity index is 1000. The second kappa shape index (κ2) is 9.41. The van der Waals surface area contributed by atoms with Crippen molar-refractivity contribution in [2.24, 2.45) is 0 Å². The number of hydrogen-bond donors (Lipinski definition) is 2. The summed E-state index contributed by atoms with van der Waals surface area (Å²) in [5.41, 5.74) is 1.60. The van der Waals surface area contributed by atoms with Gasteiger partial charge in [0.25, 0.3) is 5.91 Å². The van der Waals surface area contributed by atoms with Crippen molar-refractivity contribution in [2.75, 3.05) is 26.2 Å². The Labute approximate surface area is 184 Å². The van der Waals surface area contributed by atoms with Crippen molar-refractivity contribution in [2.45, 2.75) is 19.0 Å². The standard InChI is InChI=1S/C21H22Cl2N4OS/c22-16-7-5-14(13-17(16)23)6-8-19(27-11-9-24-10-12-27)25-21(28)20-15-3-1-2-4-18(15)29-26-20/h1-5,7,13,19,24H,6,8-12H2,(H,25,28). The normalized spacial score (nSPS) is 16.1. The van der Waals surface area contributed by atoms with Crippen molar-refractivity contribution in [1.82, 2.24) is 19.9 Å². The number of aryl methyl sites for hydroxylation is 1. The Morgan fingerprint density at radius 2 is 1.97 bits per heavy atom. The second-order valence-electron chi connectivity index (χ2n) is 7.09. The van der Waals surface area contributed by atoms with E-state index in [-0.39, 0.29) is 12.1 Å². The highest BCUT2D eigenvalue weighted by Crippen LogP contribution is 2.24. The quantitative estimate of drug-likeness (QED) is 0.593. The maximum Gasteiger partial charge on any atom is 0.272 e. The SMILES string of the molecule is O=C(NC(CCc1ccc(Cl)c(Cl)c1)N1CCNCC1)c1nsc2ccccc12. The lowest BCUT2D eigenvalue weighted by molar-refractivity contribution is 0.0811. The van der Waals surface area contributed by atoms with E-state index in [4.69, 9.17) is 23.2 Å². The molecule has 152 valence electrons. The van der Waals surface area contributed by atoms with Gasteiger partial charge in [-0.05, 0) is 48.1 Å². The Morgan fingerprint density at radius 3 is 2.76 bits per heavy atom. The van der Waals surface area contributed by atoms with E-state index in [2.05, 4.69) is 19.9 Å². The minimum atomic E-state index is -0.125. The number of benzene rings is 2. The minimum absolute atomic E-state index is 0.0699. The first-order chi connectivity index (χ1) is 14.1. The summed E-state index contributed by atoms with van der Waals surface area (Å²) < 4.78 is 5.42. The van der Waals surface area contributed by atoms with Gasteiger partial charge in [0.1, 0.15) is 5.69 Å². The van der Waals surface area contributed by atoms with Gasteiger partial charge in [0, 0.05) is 31.6 Å². The molecule has 2 heterocycles. The zero-order valence-corrected chi connectivity index (χ0v) is 18.2. The van der Waals surface area contributed by atoms with Crippen LogP contribution in [0.5, 0.6) is 0 Å². The van der Waals surface area contributed by atoms with E-state index in [9.17, 15) is 4.79 Å². The summed E-state index contributed by atoms with van der Waals surface area (Å²) >= 11 is 13.5. The van der Waals surface area contributed by atoms with Gasteiger partial charge in [0.15, 0.2) is 0 Å². The summed E-state index contributed by atoms with van der Waals surface area (Å²) in [5, 5.41) is 8.60. The topological polar surface area (TPSA) is 57.3 Å². The zero-order valence-electron chi connectivity index (χ0n) is 15.8. The van der Waals surface area contributed by atoms with Gasteiger partial charge in [-0.3, -0.25) is 9.69 Å². The molecule has 1 atom stereocenters. The largest absolute Gasteiger partial charge is 0.335 e. The highest BCUT2D eigenvalue weighted by molar-refractivity contribution is 7.13. The van der Waals surface area contributed by atoms with Crippen molar-refractivity contribution < 1.29 is 4.79 Å². The molecule has 0 bridgehead atoms. The minimum Gasteiger partial charge on any atom is -0.335 e. The number of carbonyl (C=O) groups excluding carboxylic acids is 1. The fourth-order valence-corrected chi connectivity index (χ4v) is 4.70. The molecule has 1 aromatic heterocycles. The van der Waals surface area contributed by atoms with Crippen molar-refractivity contribution >= 4 is 50.7 Å². The van der Waals surface area contributed by atoms with E-state index in [1.807, 2.05) is 42.5 Å². The first kappa shape index (κ1) is 20.6. The van der Waals surface area contributed by atoms with Gasteiger partial charge in [-0.1, -0.05) is 47.5 Å². The fraction of sp³-hybridized carbons (Fsp3) is 0.333. The molecule has 1 saturated heterocycles. The molecule has 3 aromatic rings. The third-order valence-corrected chi connectivity index (χ3v) is 6.74. The molecule has 8 heteroatoms. The van der Waals surface area contributed by atoms with Crippen molar-refractivity contribution in [3.05, 3.63) is 63.8 Å². The molecule has 0 spiro atoms. The van der Waals surface area contributed by atoms with Crippen LogP contribution in [0, 0.1) is 0 Å². The average molecular weight is 449 g/mol. The van der Waals surface area contributed by atoms with Crippen LogP contribution < -0.4 is 10.6 Å². The van der Waals surface area contributed by atoms with Crippen LogP contribution in [0.15, 0.2) is 42.5 Å². The molecule has 0 aliphatic carbocycles. The van der Waals surface area contributed by atoms with Crippen LogP contribution >= 0.6 is 34.7 Å². The van der Waals surface area contributed by atoms with E-state index in [0.29, 0.717) is 15.7 Å². The summed E-state index contributed by atoms with van der Waals surface area (Å²) in [5.74, 6) is -0.125. The van der Waals surface area contributed by atoms with Gasteiger partial charge >= 0.3 is 0 Å². The van der Waals surface area contributed by atoms with Crippen LogP contribution in [0.3, 0.4) is 0 Å². The molecule has 1 fully saturated rings. The van der Waals surface area contributed by atoms with Crippen molar-refractivity contribution in [3.63, 3.8) is 0 Å². The molecular formula is C21H22Cl2N4OS. The number of rotatable bonds is 6. The Morgan fingerprint density at radius 1 is 1.17 bits per heavy atom. The Kier molecular flexibility index (Phi) is 6.67. The molecule has 2 N–H and O–H groups in total. The zero-order chi connectivity index (χ0) is 20.2. The number of hydrogen-bond acceptors (Lipinski definition) is 5. The number of piperazine rings is 1. The van der Waals surface area contributed by atoms with E-state index in [1.54, 1.807) is 0 Å². The van der Waals surface area contributed by atoms with Gasteiger partial charge < -0.3 is 10.6 Å². The van der Waals surface area contributed by atoms with Crippen LogP contribution in [0.1, 0.15) is 22.5 Å². The number of halogens is 2. The molecule has 0 radical (unpaired) electrons.